The summed E-state index contributed by atoms with van der Waals surface area (Å²) in [6.07, 6.45) is 9.62. The van der Waals surface area contributed by atoms with Gasteiger partial charge < -0.3 is 11.5 Å². The molecule has 0 bridgehead atoms. The first-order valence-corrected chi connectivity index (χ1v) is 17.5. The number of benzene rings is 6. The molecule has 6 rings (SSSR count). The zero-order chi connectivity index (χ0) is 33.1. The van der Waals surface area contributed by atoms with E-state index in [9.17, 15) is 0 Å². The monoisotopic (exact) mass is 628 g/mol. The third-order valence-corrected chi connectivity index (χ3v) is 9.38. The molecule has 4 N–H and O–H groups in total. The van der Waals surface area contributed by atoms with Gasteiger partial charge in [-0.2, -0.15) is 0 Å². The fraction of sp³-hybridized carbons (Fsp3) is 0.217. The van der Waals surface area contributed by atoms with Crippen molar-refractivity contribution in [2.24, 2.45) is 0 Å². The highest BCUT2D eigenvalue weighted by Gasteiger charge is 2.08. The molecule has 0 aromatic heterocycles. The maximum Gasteiger partial charge on any atom is 0.0314 e. The lowest BCUT2D eigenvalue weighted by molar-refractivity contribution is 0.713. The van der Waals surface area contributed by atoms with Crippen LogP contribution in [0.25, 0.3) is 0 Å². The van der Waals surface area contributed by atoms with Gasteiger partial charge in [0.05, 0.1) is 0 Å². The molecule has 0 aliphatic rings. The van der Waals surface area contributed by atoms with Crippen LogP contribution in [0.1, 0.15) is 87.4 Å². The van der Waals surface area contributed by atoms with E-state index >= 15 is 0 Å². The molecule has 0 unspecified atom stereocenters. The quantitative estimate of drug-likeness (QED) is 0.0931. The van der Waals surface area contributed by atoms with Gasteiger partial charge in [-0.05, 0) is 130 Å². The Bertz CT molecular complexity index is 1870. The topological polar surface area (TPSA) is 52.0 Å². The molecule has 0 amide bonds. The van der Waals surface area contributed by atoms with Crippen molar-refractivity contribution in [2.75, 3.05) is 11.5 Å². The van der Waals surface area contributed by atoms with E-state index < -0.39 is 0 Å². The van der Waals surface area contributed by atoms with Crippen LogP contribution in [0.15, 0.2) is 140 Å². The minimum Gasteiger partial charge on any atom is -0.399 e. The van der Waals surface area contributed by atoms with Gasteiger partial charge in [0.1, 0.15) is 0 Å². The van der Waals surface area contributed by atoms with Crippen molar-refractivity contribution in [2.45, 2.75) is 64.7 Å². The normalized spacial score (nSPS) is 11.1. The number of rotatable bonds is 14. The number of hydrogen-bond donors (Lipinski definition) is 2. The van der Waals surface area contributed by atoms with Gasteiger partial charge in [0.25, 0.3) is 0 Å². The number of unbranched alkanes of at least 4 members (excludes halogenated alkanes) is 2. The highest BCUT2D eigenvalue weighted by Crippen LogP contribution is 2.23. The Morgan fingerprint density at radius 2 is 0.646 bits per heavy atom. The Balaban J connectivity index is 1.03. The number of anilines is 2. The lowest BCUT2D eigenvalue weighted by atomic mass is 9.92. The molecule has 0 spiro atoms. The zero-order valence-corrected chi connectivity index (χ0v) is 28.3. The molecule has 2 nitrogen and oxygen atoms in total. The Morgan fingerprint density at radius 1 is 0.333 bits per heavy atom. The largest absolute Gasteiger partial charge is 0.399 e. The van der Waals surface area contributed by atoms with Crippen molar-refractivity contribution in [3.05, 3.63) is 201 Å². The first-order valence-electron chi connectivity index (χ1n) is 17.5. The highest BCUT2D eigenvalue weighted by molar-refractivity contribution is 5.44. The van der Waals surface area contributed by atoms with Gasteiger partial charge in [0, 0.05) is 11.4 Å². The Hall–Kier alpha value is -5.08. The van der Waals surface area contributed by atoms with Crippen molar-refractivity contribution < 1.29 is 0 Å². The van der Waals surface area contributed by atoms with Crippen LogP contribution in [0.5, 0.6) is 0 Å². The smallest absolute Gasteiger partial charge is 0.0314 e. The Labute approximate surface area is 287 Å². The fourth-order valence-electron chi connectivity index (χ4n) is 6.52. The molecule has 0 heterocycles. The van der Waals surface area contributed by atoms with Gasteiger partial charge in [-0.25, -0.2) is 0 Å². The molecule has 0 saturated carbocycles. The molecule has 0 aliphatic heterocycles. The number of nitrogen functional groups attached to an aromatic ring is 2. The molecule has 0 radical (unpaired) electrons. The van der Waals surface area contributed by atoms with Crippen molar-refractivity contribution in [1.29, 1.82) is 0 Å². The summed E-state index contributed by atoms with van der Waals surface area (Å²) in [5, 5.41) is 0. The lowest BCUT2D eigenvalue weighted by Gasteiger charge is -2.13. The number of hydrogen-bond acceptors (Lipinski definition) is 2. The Kier molecular flexibility index (Phi) is 11.1. The van der Waals surface area contributed by atoms with Crippen LogP contribution in [0, 0.1) is 0 Å². The van der Waals surface area contributed by atoms with Crippen molar-refractivity contribution >= 4 is 11.4 Å². The summed E-state index contributed by atoms with van der Waals surface area (Å²) in [5.41, 5.74) is 28.3. The van der Waals surface area contributed by atoms with Gasteiger partial charge in [-0.1, -0.05) is 135 Å². The van der Waals surface area contributed by atoms with Crippen LogP contribution < -0.4 is 11.5 Å². The molecule has 242 valence electrons. The molecule has 0 aliphatic carbocycles. The minimum atomic E-state index is 0.810. The van der Waals surface area contributed by atoms with E-state index in [0.29, 0.717) is 0 Å². The summed E-state index contributed by atoms with van der Waals surface area (Å²) >= 11 is 0. The highest BCUT2D eigenvalue weighted by atomic mass is 14.5. The summed E-state index contributed by atoms with van der Waals surface area (Å²) in [6, 6.07) is 50.9. The average Bonchev–Trinajstić information content (AvgIpc) is 3.10. The molecule has 0 atom stereocenters. The third kappa shape index (κ3) is 9.48. The summed E-state index contributed by atoms with van der Waals surface area (Å²) < 4.78 is 0. The summed E-state index contributed by atoms with van der Waals surface area (Å²) in [4.78, 5) is 0. The average molecular weight is 629 g/mol. The van der Waals surface area contributed by atoms with E-state index in [1.54, 1.807) is 0 Å². The van der Waals surface area contributed by atoms with Crippen LogP contribution >= 0.6 is 0 Å². The predicted octanol–water partition coefficient (Wildman–Crippen LogP) is 10.5. The first kappa shape index (κ1) is 32.8. The Morgan fingerprint density at radius 3 is 1.02 bits per heavy atom. The molecule has 0 fully saturated rings. The van der Waals surface area contributed by atoms with E-state index in [0.717, 1.165) is 49.9 Å². The second kappa shape index (κ2) is 16.2. The van der Waals surface area contributed by atoms with Gasteiger partial charge in [-0.15, -0.1) is 0 Å². The molecular formula is C46H48N2. The lowest BCUT2D eigenvalue weighted by Crippen LogP contribution is -2.00. The van der Waals surface area contributed by atoms with E-state index in [4.69, 9.17) is 11.5 Å². The van der Waals surface area contributed by atoms with Gasteiger partial charge in [0.2, 0.25) is 0 Å². The van der Waals surface area contributed by atoms with Crippen molar-refractivity contribution in [3.8, 4) is 0 Å². The van der Waals surface area contributed by atoms with E-state index in [2.05, 4.69) is 122 Å². The maximum absolute atomic E-state index is 5.92. The summed E-state index contributed by atoms with van der Waals surface area (Å²) in [5.74, 6) is 0. The zero-order valence-electron chi connectivity index (χ0n) is 28.3. The van der Waals surface area contributed by atoms with Crippen LogP contribution in [0.3, 0.4) is 0 Å². The third-order valence-electron chi connectivity index (χ3n) is 9.38. The van der Waals surface area contributed by atoms with Gasteiger partial charge in [0.15, 0.2) is 0 Å². The molecule has 48 heavy (non-hydrogen) atoms. The molecular weight excluding hydrogens is 581 g/mol. The SMILES string of the molecule is CCCCCc1cc(Cc2ccc(Cc3ccc(Cc4ccc(Cc5ccc(N)cc5)cc4)cc3)cc2)ccc1Cc1ccc(N)cc1. The second-order valence-corrected chi connectivity index (χ2v) is 13.4. The van der Waals surface area contributed by atoms with Gasteiger partial charge in [-0.3, -0.25) is 0 Å². The van der Waals surface area contributed by atoms with Crippen LogP contribution in [0.4, 0.5) is 11.4 Å². The van der Waals surface area contributed by atoms with E-state index in [-0.39, 0.29) is 0 Å². The predicted molar refractivity (Wildman–Crippen MR) is 205 cm³/mol. The van der Waals surface area contributed by atoms with E-state index in [1.165, 1.54) is 80.5 Å². The van der Waals surface area contributed by atoms with Crippen LogP contribution in [-0.4, -0.2) is 0 Å². The molecule has 2 heteroatoms. The summed E-state index contributed by atoms with van der Waals surface area (Å²) in [6.45, 7) is 2.27. The second-order valence-electron chi connectivity index (χ2n) is 13.4. The fourth-order valence-corrected chi connectivity index (χ4v) is 6.52. The number of nitrogens with two attached hydrogens (primary N) is 2. The van der Waals surface area contributed by atoms with Gasteiger partial charge >= 0.3 is 0 Å². The number of aryl methyl sites for hydroxylation is 1. The van der Waals surface area contributed by atoms with Crippen LogP contribution in [-0.2, 0) is 38.5 Å². The summed E-state index contributed by atoms with van der Waals surface area (Å²) in [7, 11) is 0. The minimum absolute atomic E-state index is 0.810. The maximum atomic E-state index is 5.92. The van der Waals surface area contributed by atoms with Crippen molar-refractivity contribution in [1.82, 2.24) is 0 Å². The molecule has 6 aromatic rings. The molecule has 6 aromatic carbocycles. The van der Waals surface area contributed by atoms with Crippen LogP contribution in [0.2, 0.25) is 0 Å². The standard InChI is InChI=1S/C46H48N2/c1-2-3-4-5-43-33-42(18-23-44(43)32-41-21-26-46(48)27-22-41)31-39-16-14-37(15-17-39)29-35-8-6-34(7-9-35)28-36-10-12-38(13-11-36)30-40-19-24-45(47)25-20-40/h6-27,33H,2-5,28-32,47-48H2,1H3. The van der Waals surface area contributed by atoms with Crippen molar-refractivity contribution in [3.63, 3.8) is 0 Å². The first-order chi connectivity index (χ1) is 23.5. The molecule has 0 saturated heterocycles. The van der Waals surface area contributed by atoms with E-state index in [1.807, 2.05) is 24.3 Å².